The van der Waals surface area contributed by atoms with E-state index in [1.807, 2.05) is 48.7 Å². The van der Waals surface area contributed by atoms with Gasteiger partial charge in [-0.25, -0.2) is 0 Å². The molecule has 0 aliphatic heterocycles. The van der Waals surface area contributed by atoms with Gasteiger partial charge in [-0.1, -0.05) is 60.2 Å². The van der Waals surface area contributed by atoms with Crippen LogP contribution in [0.25, 0.3) is 0 Å². The number of ketones is 1. The van der Waals surface area contributed by atoms with Crippen LogP contribution in [0.5, 0.6) is 5.75 Å². The van der Waals surface area contributed by atoms with Gasteiger partial charge < -0.3 is 9.47 Å². The van der Waals surface area contributed by atoms with Crippen molar-refractivity contribution in [3.63, 3.8) is 0 Å². The molecule has 0 fully saturated rings. The average molecular weight is 475 g/mol. The number of ether oxygens (including phenoxy) is 2. The molecule has 0 heterocycles. The van der Waals surface area contributed by atoms with Gasteiger partial charge in [0.1, 0.15) is 5.75 Å². The standard InChI is InChI=1S/C29H30O4S/c1-20-7-6-8-21(15-20)13-14-33-26-16-22(11-12-27(26)34-3)25(30)19-29(28(31)32-2)17-23-9-4-5-10-24(23)18-29/h4-12,15-16H,13-14,17-19H2,1-3H3. The van der Waals surface area contributed by atoms with Gasteiger partial charge in [0.25, 0.3) is 0 Å². The van der Waals surface area contributed by atoms with E-state index in [1.165, 1.54) is 18.2 Å². The van der Waals surface area contributed by atoms with Crippen LogP contribution in [0.15, 0.2) is 71.6 Å². The van der Waals surface area contributed by atoms with Crippen molar-refractivity contribution in [3.8, 4) is 5.75 Å². The quantitative estimate of drug-likeness (QED) is 0.221. The molecule has 4 rings (SSSR count). The van der Waals surface area contributed by atoms with Crippen molar-refractivity contribution in [1.82, 2.24) is 0 Å². The Labute approximate surface area is 205 Å². The summed E-state index contributed by atoms with van der Waals surface area (Å²) in [6, 6.07) is 21.9. The molecule has 0 amide bonds. The van der Waals surface area contributed by atoms with Crippen LogP contribution in [0.4, 0.5) is 0 Å². The first kappa shape index (κ1) is 24.1. The normalized spacial score (nSPS) is 13.9. The number of thioether (sulfide) groups is 1. The summed E-state index contributed by atoms with van der Waals surface area (Å²) in [5.41, 5.74) is 4.36. The SMILES string of the molecule is COC(=O)C1(CC(=O)c2ccc(SC)c(OCCc3cccc(C)c3)c2)Cc2ccccc2C1. The van der Waals surface area contributed by atoms with Gasteiger partial charge in [0.2, 0.25) is 0 Å². The number of esters is 1. The highest BCUT2D eigenvalue weighted by Crippen LogP contribution is 2.42. The molecule has 0 saturated carbocycles. The fraction of sp³-hybridized carbons (Fsp3) is 0.310. The summed E-state index contributed by atoms with van der Waals surface area (Å²) in [4.78, 5) is 27.2. The summed E-state index contributed by atoms with van der Waals surface area (Å²) in [6.45, 7) is 2.60. The van der Waals surface area contributed by atoms with Crippen molar-refractivity contribution in [2.45, 2.75) is 37.5 Å². The molecule has 0 saturated heterocycles. The number of methoxy groups -OCH3 is 1. The topological polar surface area (TPSA) is 52.6 Å². The molecule has 0 atom stereocenters. The van der Waals surface area contributed by atoms with E-state index in [-0.39, 0.29) is 18.2 Å². The first-order chi connectivity index (χ1) is 16.4. The zero-order chi connectivity index (χ0) is 24.1. The van der Waals surface area contributed by atoms with Crippen molar-refractivity contribution >= 4 is 23.5 Å². The summed E-state index contributed by atoms with van der Waals surface area (Å²) in [6.07, 6.45) is 3.92. The highest BCUT2D eigenvalue weighted by atomic mass is 32.2. The lowest BCUT2D eigenvalue weighted by atomic mass is 9.78. The maximum Gasteiger partial charge on any atom is 0.312 e. The summed E-state index contributed by atoms with van der Waals surface area (Å²) in [7, 11) is 1.39. The fourth-order valence-electron chi connectivity index (χ4n) is 4.77. The molecule has 176 valence electrons. The summed E-state index contributed by atoms with van der Waals surface area (Å²) >= 11 is 1.59. The predicted molar refractivity (Wildman–Crippen MR) is 136 cm³/mol. The maximum absolute atomic E-state index is 13.4. The fourth-order valence-corrected chi connectivity index (χ4v) is 5.29. The molecule has 0 spiro atoms. The average Bonchev–Trinajstić information content (AvgIpc) is 3.22. The van der Waals surface area contributed by atoms with Crippen LogP contribution in [0, 0.1) is 12.3 Å². The molecule has 0 aromatic heterocycles. The second kappa shape index (κ2) is 10.5. The molecule has 0 N–H and O–H groups in total. The molecule has 3 aromatic rings. The second-order valence-electron chi connectivity index (χ2n) is 8.95. The molecular formula is C29H30O4S. The number of hydrogen-bond donors (Lipinski definition) is 0. The Hall–Kier alpha value is -3.05. The molecule has 1 aliphatic carbocycles. The third-order valence-corrected chi connectivity index (χ3v) is 7.29. The summed E-state index contributed by atoms with van der Waals surface area (Å²) < 4.78 is 11.3. The number of fused-ring (bicyclic) bond motifs is 1. The van der Waals surface area contributed by atoms with Crippen LogP contribution >= 0.6 is 11.8 Å². The van der Waals surface area contributed by atoms with Crippen molar-refractivity contribution in [1.29, 1.82) is 0 Å². The van der Waals surface area contributed by atoms with Gasteiger partial charge in [-0.2, -0.15) is 0 Å². The van der Waals surface area contributed by atoms with Crippen molar-refractivity contribution < 1.29 is 19.1 Å². The Kier molecular flexibility index (Phi) is 7.42. The van der Waals surface area contributed by atoms with Crippen molar-refractivity contribution in [2.75, 3.05) is 20.0 Å². The van der Waals surface area contributed by atoms with Gasteiger partial charge in [0.15, 0.2) is 5.78 Å². The first-order valence-electron chi connectivity index (χ1n) is 11.5. The van der Waals surface area contributed by atoms with Crippen LogP contribution in [0.3, 0.4) is 0 Å². The molecule has 0 radical (unpaired) electrons. The zero-order valence-corrected chi connectivity index (χ0v) is 20.7. The Bertz CT molecular complexity index is 1180. The van der Waals surface area contributed by atoms with E-state index in [2.05, 4.69) is 31.2 Å². The Morgan fingerprint density at radius 1 is 0.971 bits per heavy atom. The number of benzene rings is 3. The van der Waals surface area contributed by atoms with Crippen LogP contribution in [0.2, 0.25) is 0 Å². The lowest BCUT2D eigenvalue weighted by Crippen LogP contribution is -2.35. The van der Waals surface area contributed by atoms with Crippen molar-refractivity contribution in [3.05, 3.63) is 94.5 Å². The van der Waals surface area contributed by atoms with E-state index in [9.17, 15) is 9.59 Å². The van der Waals surface area contributed by atoms with Gasteiger partial charge in [-0.15, -0.1) is 11.8 Å². The highest BCUT2D eigenvalue weighted by molar-refractivity contribution is 7.98. The zero-order valence-electron chi connectivity index (χ0n) is 19.9. The van der Waals surface area contributed by atoms with Gasteiger partial charge in [-0.05, 0) is 54.8 Å². The number of carbonyl (C=O) groups is 2. The number of Topliss-reactive ketones (excluding diaryl/α,β-unsaturated/α-hetero) is 1. The molecule has 1 aliphatic rings. The molecule has 0 unspecified atom stereocenters. The van der Waals surface area contributed by atoms with E-state index in [1.54, 1.807) is 11.8 Å². The van der Waals surface area contributed by atoms with E-state index in [0.717, 1.165) is 22.4 Å². The largest absolute Gasteiger partial charge is 0.492 e. The van der Waals surface area contributed by atoms with E-state index >= 15 is 0 Å². The number of hydrogen-bond acceptors (Lipinski definition) is 5. The minimum absolute atomic E-state index is 0.0746. The van der Waals surface area contributed by atoms with Gasteiger partial charge >= 0.3 is 5.97 Å². The predicted octanol–water partition coefficient (Wildman–Crippen LogP) is 5.87. The van der Waals surface area contributed by atoms with Gasteiger partial charge in [0.05, 0.1) is 19.1 Å². The molecule has 34 heavy (non-hydrogen) atoms. The minimum atomic E-state index is -0.861. The van der Waals surface area contributed by atoms with E-state index in [0.29, 0.717) is 30.8 Å². The lowest BCUT2D eigenvalue weighted by Gasteiger charge is -2.25. The molecule has 4 nitrogen and oxygen atoms in total. The Balaban J connectivity index is 1.50. The van der Waals surface area contributed by atoms with E-state index < -0.39 is 5.41 Å². The molecule has 3 aromatic carbocycles. The summed E-state index contributed by atoms with van der Waals surface area (Å²) in [5, 5.41) is 0. The molecule has 0 bridgehead atoms. The van der Waals surface area contributed by atoms with Crippen LogP contribution in [0.1, 0.15) is 39.0 Å². The van der Waals surface area contributed by atoms with E-state index in [4.69, 9.17) is 9.47 Å². The third-order valence-electron chi connectivity index (χ3n) is 6.51. The van der Waals surface area contributed by atoms with Crippen LogP contribution in [-0.2, 0) is 28.8 Å². The number of aryl methyl sites for hydroxylation is 1. The van der Waals surface area contributed by atoms with Crippen LogP contribution in [-0.4, -0.2) is 31.7 Å². The number of carbonyl (C=O) groups excluding carboxylic acids is 2. The minimum Gasteiger partial charge on any atom is -0.492 e. The third kappa shape index (κ3) is 5.20. The summed E-state index contributed by atoms with van der Waals surface area (Å²) in [5.74, 6) is 0.301. The molecule has 5 heteroatoms. The second-order valence-corrected chi connectivity index (χ2v) is 9.80. The van der Waals surface area contributed by atoms with Crippen molar-refractivity contribution in [2.24, 2.45) is 5.41 Å². The number of rotatable bonds is 9. The highest BCUT2D eigenvalue weighted by Gasteiger charge is 2.46. The molecular weight excluding hydrogens is 444 g/mol. The van der Waals surface area contributed by atoms with Crippen LogP contribution < -0.4 is 4.74 Å². The smallest absolute Gasteiger partial charge is 0.312 e. The van der Waals surface area contributed by atoms with Gasteiger partial charge in [-0.3, -0.25) is 9.59 Å². The first-order valence-corrected chi connectivity index (χ1v) is 12.7. The Morgan fingerprint density at radius 2 is 1.71 bits per heavy atom. The monoisotopic (exact) mass is 474 g/mol. The Morgan fingerprint density at radius 3 is 2.35 bits per heavy atom. The maximum atomic E-state index is 13.4. The lowest BCUT2D eigenvalue weighted by molar-refractivity contribution is -0.152. The van der Waals surface area contributed by atoms with Gasteiger partial charge in [0, 0.05) is 23.3 Å².